The molecule has 1 saturated heterocycles. The highest BCUT2D eigenvalue weighted by atomic mass is 19.1. The van der Waals surface area contributed by atoms with Crippen LogP contribution in [0.15, 0.2) is 42.5 Å². The van der Waals surface area contributed by atoms with Gasteiger partial charge in [0.15, 0.2) is 0 Å². The molecule has 26 heavy (non-hydrogen) atoms. The standard InChI is InChI=1S/C22H25FN2O/c1-16(2)13-17-3-6-19(7-4-17)26-20-9-11-25(12-10-20)22-8-5-18(15-24)14-21(22)23/h3-8,14,16,20H,9-13H2,1-2H3. The van der Waals surface area contributed by atoms with Gasteiger partial charge in [-0.15, -0.1) is 0 Å². The van der Waals surface area contributed by atoms with E-state index in [-0.39, 0.29) is 11.9 Å². The molecule has 2 aromatic rings. The number of piperidine rings is 1. The molecule has 0 aliphatic carbocycles. The number of halogens is 1. The monoisotopic (exact) mass is 352 g/mol. The van der Waals surface area contributed by atoms with Crippen molar-refractivity contribution in [2.75, 3.05) is 18.0 Å². The molecule has 3 rings (SSSR count). The van der Waals surface area contributed by atoms with Gasteiger partial charge in [0, 0.05) is 25.9 Å². The van der Waals surface area contributed by atoms with Crippen molar-refractivity contribution in [3.05, 3.63) is 59.4 Å². The molecule has 1 fully saturated rings. The average Bonchev–Trinajstić information content (AvgIpc) is 2.63. The predicted octanol–water partition coefficient (Wildman–Crippen LogP) is 4.94. The van der Waals surface area contributed by atoms with E-state index in [4.69, 9.17) is 10.00 Å². The van der Waals surface area contributed by atoms with Crippen molar-refractivity contribution in [2.24, 2.45) is 5.92 Å². The largest absolute Gasteiger partial charge is 0.490 e. The van der Waals surface area contributed by atoms with Gasteiger partial charge in [-0.1, -0.05) is 26.0 Å². The summed E-state index contributed by atoms with van der Waals surface area (Å²) >= 11 is 0. The third kappa shape index (κ3) is 4.54. The molecular formula is C22H25FN2O. The van der Waals surface area contributed by atoms with E-state index >= 15 is 0 Å². The molecule has 1 aliphatic rings. The molecule has 0 amide bonds. The molecule has 2 aromatic carbocycles. The highest BCUT2D eigenvalue weighted by Crippen LogP contribution is 2.26. The zero-order valence-corrected chi connectivity index (χ0v) is 15.4. The Morgan fingerprint density at radius 2 is 1.85 bits per heavy atom. The van der Waals surface area contributed by atoms with E-state index in [9.17, 15) is 4.39 Å². The van der Waals surface area contributed by atoms with Crippen LogP contribution in [0.5, 0.6) is 5.75 Å². The van der Waals surface area contributed by atoms with E-state index in [0.29, 0.717) is 17.2 Å². The number of anilines is 1. The summed E-state index contributed by atoms with van der Waals surface area (Å²) in [6.45, 7) is 5.93. The average molecular weight is 352 g/mol. The topological polar surface area (TPSA) is 36.3 Å². The van der Waals surface area contributed by atoms with Crippen LogP contribution in [0.3, 0.4) is 0 Å². The number of hydrogen-bond acceptors (Lipinski definition) is 3. The summed E-state index contributed by atoms with van der Waals surface area (Å²) in [5.74, 6) is 1.22. The maximum atomic E-state index is 14.2. The maximum Gasteiger partial charge on any atom is 0.147 e. The Morgan fingerprint density at radius 3 is 2.42 bits per heavy atom. The second-order valence-corrected chi connectivity index (χ2v) is 7.32. The first kappa shape index (κ1) is 18.3. The quantitative estimate of drug-likeness (QED) is 0.764. The lowest BCUT2D eigenvalue weighted by molar-refractivity contribution is 0.170. The van der Waals surface area contributed by atoms with Gasteiger partial charge in [0.2, 0.25) is 0 Å². The lowest BCUT2D eigenvalue weighted by atomic mass is 10.0. The second kappa shape index (κ2) is 8.23. The summed E-state index contributed by atoms with van der Waals surface area (Å²) in [6, 6.07) is 15.0. The Bertz CT molecular complexity index is 772. The number of ether oxygens (including phenoxy) is 1. The van der Waals surface area contributed by atoms with Crippen LogP contribution in [-0.2, 0) is 6.42 Å². The Morgan fingerprint density at radius 1 is 1.15 bits per heavy atom. The fraction of sp³-hybridized carbons (Fsp3) is 0.409. The smallest absolute Gasteiger partial charge is 0.147 e. The van der Waals surface area contributed by atoms with Gasteiger partial charge in [0.25, 0.3) is 0 Å². The maximum absolute atomic E-state index is 14.2. The minimum atomic E-state index is -0.329. The molecule has 0 radical (unpaired) electrons. The third-order valence-electron chi connectivity index (χ3n) is 4.73. The molecule has 0 spiro atoms. The number of benzene rings is 2. The first-order valence-electron chi connectivity index (χ1n) is 9.25. The minimum Gasteiger partial charge on any atom is -0.490 e. The van der Waals surface area contributed by atoms with Crippen LogP contribution in [-0.4, -0.2) is 19.2 Å². The third-order valence-corrected chi connectivity index (χ3v) is 4.73. The molecule has 136 valence electrons. The van der Waals surface area contributed by atoms with Crippen molar-refractivity contribution in [1.29, 1.82) is 5.26 Å². The van der Waals surface area contributed by atoms with Crippen LogP contribution in [0.4, 0.5) is 10.1 Å². The van der Waals surface area contributed by atoms with Crippen LogP contribution in [0.1, 0.15) is 37.8 Å². The molecular weight excluding hydrogens is 327 g/mol. The van der Waals surface area contributed by atoms with Gasteiger partial charge in [-0.2, -0.15) is 5.26 Å². The van der Waals surface area contributed by atoms with Crippen molar-refractivity contribution in [2.45, 2.75) is 39.2 Å². The fourth-order valence-corrected chi connectivity index (χ4v) is 3.42. The van der Waals surface area contributed by atoms with Crippen molar-refractivity contribution >= 4 is 5.69 Å². The molecule has 0 aromatic heterocycles. The summed E-state index contributed by atoms with van der Waals surface area (Å²) in [5, 5.41) is 8.85. The van der Waals surface area contributed by atoms with Crippen LogP contribution in [0.25, 0.3) is 0 Å². The van der Waals surface area contributed by atoms with Crippen molar-refractivity contribution < 1.29 is 9.13 Å². The summed E-state index contributed by atoms with van der Waals surface area (Å²) in [7, 11) is 0. The van der Waals surface area contributed by atoms with E-state index in [1.807, 2.05) is 23.1 Å². The number of nitrogens with zero attached hydrogens (tertiary/aromatic N) is 2. The molecule has 0 atom stereocenters. The van der Waals surface area contributed by atoms with E-state index in [1.165, 1.54) is 11.6 Å². The van der Waals surface area contributed by atoms with E-state index in [2.05, 4.69) is 26.0 Å². The molecule has 1 heterocycles. The summed E-state index contributed by atoms with van der Waals surface area (Å²) in [4.78, 5) is 2.03. The normalized spacial score (nSPS) is 15.1. The molecule has 0 bridgehead atoms. The number of nitriles is 1. The van der Waals surface area contributed by atoms with Gasteiger partial charge >= 0.3 is 0 Å². The van der Waals surface area contributed by atoms with E-state index < -0.39 is 0 Å². The van der Waals surface area contributed by atoms with E-state index in [0.717, 1.165) is 38.1 Å². The molecule has 0 N–H and O–H groups in total. The summed E-state index contributed by atoms with van der Waals surface area (Å²) in [6.07, 6.45) is 2.94. The fourth-order valence-electron chi connectivity index (χ4n) is 3.42. The Kier molecular flexibility index (Phi) is 5.78. The van der Waals surface area contributed by atoms with Crippen molar-refractivity contribution in [3.63, 3.8) is 0 Å². The first-order valence-corrected chi connectivity index (χ1v) is 9.25. The lowest BCUT2D eigenvalue weighted by Gasteiger charge is -2.34. The van der Waals surface area contributed by atoms with Crippen LogP contribution in [0.2, 0.25) is 0 Å². The lowest BCUT2D eigenvalue weighted by Crippen LogP contribution is -2.38. The molecule has 0 saturated carbocycles. The van der Waals surface area contributed by atoms with E-state index in [1.54, 1.807) is 12.1 Å². The highest BCUT2D eigenvalue weighted by Gasteiger charge is 2.22. The molecule has 0 unspecified atom stereocenters. The zero-order chi connectivity index (χ0) is 18.5. The minimum absolute atomic E-state index is 0.156. The molecule has 4 heteroatoms. The second-order valence-electron chi connectivity index (χ2n) is 7.32. The molecule has 3 nitrogen and oxygen atoms in total. The first-order chi connectivity index (χ1) is 12.5. The van der Waals surface area contributed by atoms with Gasteiger partial charge in [-0.05, 0) is 48.2 Å². The van der Waals surface area contributed by atoms with Gasteiger partial charge in [0.1, 0.15) is 17.7 Å². The van der Waals surface area contributed by atoms with Gasteiger partial charge in [-0.25, -0.2) is 4.39 Å². The van der Waals surface area contributed by atoms with Crippen molar-refractivity contribution in [1.82, 2.24) is 0 Å². The van der Waals surface area contributed by atoms with Gasteiger partial charge in [0.05, 0.1) is 17.3 Å². The number of rotatable bonds is 5. The number of hydrogen-bond donors (Lipinski definition) is 0. The molecule has 1 aliphatic heterocycles. The highest BCUT2D eigenvalue weighted by molar-refractivity contribution is 5.51. The summed E-state index contributed by atoms with van der Waals surface area (Å²) in [5.41, 5.74) is 2.25. The van der Waals surface area contributed by atoms with Gasteiger partial charge in [-0.3, -0.25) is 0 Å². The van der Waals surface area contributed by atoms with Gasteiger partial charge < -0.3 is 9.64 Å². The zero-order valence-electron chi connectivity index (χ0n) is 15.4. The summed E-state index contributed by atoms with van der Waals surface area (Å²) < 4.78 is 20.3. The van der Waals surface area contributed by atoms with Crippen LogP contribution in [0, 0.1) is 23.1 Å². The Balaban J connectivity index is 1.55. The predicted molar refractivity (Wildman–Crippen MR) is 102 cm³/mol. The van der Waals surface area contributed by atoms with Crippen LogP contribution < -0.4 is 9.64 Å². The Labute approximate surface area is 155 Å². The Hall–Kier alpha value is -2.54. The SMILES string of the molecule is CC(C)Cc1ccc(OC2CCN(c3ccc(C#N)cc3F)CC2)cc1. The van der Waals surface area contributed by atoms with Crippen molar-refractivity contribution in [3.8, 4) is 11.8 Å². The van der Waals surface area contributed by atoms with Crippen LogP contribution >= 0.6 is 0 Å².